The first-order chi connectivity index (χ1) is 13.4. The van der Waals surface area contributed by atoms with Crippen LogP contribution in [-0.4, -0.2) is 45.4 Å². The van der Waals surface area contributed by atoms with Crippen molar-refractivity contribution in [2.24, 2.45) is 0 Å². The summed E-state index contributed by atoms with van der Waals surface area (Å²) in [6.07, 6.45) is 5.08. The number of hydrogen-bond acceptors (Lipinski definition) is 5. The Hall–Kier alpha value is -3.15. The number of carbonyl (C=O) groups excluding carboxylic acids is 2. The topological polar surface area (TPSA) is 92.8 Å². The Bertz CT molecular complexity index is 981. The Morgan fingerprint density at radius 2 is 1.86 bits per heavy atom. The molecular formula is C20H20N2O5S. The van der Waals surface area contributed by atoms with Crippen LogP contribution in [0.15, 0.2) is 59.5 Å². The maximum Gasteiger partial charge on any atom is 0.325 e. The molecule has 0 heterocycles. The Kier molecular flexibility index (Phi) is 7.32. The first kappa shape index (κ1) is 21.2. The zero-order valence-electron chi connectivity index (χ0n) is 15.3. The average molecular weight is 400 g/mol. The molecule has 7 nitrogen and oxygen atoms in total. The summed E-state index contributed by atoms with van der Waals surface area (Å²) in [4.78, 5) is 25.9. The van der Waals surface area contributed by atoms with Crippen molar-refractivity contribution < 1.29 is 22.7 Å². The monoisotopic (exact) mass is 400 g/mol. The summed E-state index contributed by atoms with van der Waals surface area (Å²) < 4.78 is 31.4. The van der Waals surface area contributed by atoms with Gasteiger partial charge in [0.05, 0.1) is 18.6 Å². The van der Waals surface area contributed by atoms with Gasteiger partial charge in [0.2, 0.25) is 10.0 Å². The molecule has 0 saturated carbocycles. The minimum absolute atomic E-state index is 0.0914. The molecular weight excluding hydrogens is 380 g/mol. The largest absolute Gasteiger partial charge is 0.468 e. The van der Waals surface area contributed by atoms with Gasteiger partial charge in [-0.3, -0.25) is 9.59 Å². The van der Waals surface area contributed by atoms with Crippen LogP contribution in [0, 0.1) is 12.3 Å². The van der Waals surface area contributed by atoms with Crippen molar-refractivity contribution in [1.29, 1.82) is 0 Å². The molecule has 2 aromatic carbocycles. The summed E-state index contributed by atoms with van der Waals surface area (Å²) >= 11 is 0. The van der Waals surface area contributed by atoms with Gasteiger partial charge in [-0.25, -0.2) is 8.42 Å². The van der Waals surface area contributed by atoms with Crippen molar-refractivity contribution in [1.82, 2.24) is 9.62 Å². The number of hydrogen-bond donors (Lipinski definition) is 1. The van der Waals surface area contributed by atoms with Crippen molar-refractivity contribution in [2.75, 3.05) is 20.2 Å². The summed E-state index contributed by atoms with van der Waals surface area (Å²) in [6, 6.07) is 14.7. The number of methoxy groups -OCH3 is 1. The third kappa shape index (κ3) is 5.67. The van der Waals surface area contributed by atoms with Gasteiger partial charge in [-0.2, -0.15) is 4.72 Å². The normalized spacial score (nSPS) is 10.7. The molecule has 0 aromatic heterocycles. The molecule has 0 aliphatic carbocycles. The molecule has 0 unspecified atom stereocenters. The summed E-state index contributed by atoms with van der Waals surface area (Å²) in [7, 11) is -2.61. The van der Waals surface area contributed by atoms with Crippen LogP contribution in [0.25, 0.3) is 0 Å². The number of ether oxygens (including phenoxy) is 1. The van der Waals surface area contributed by atoms with Gasteiger partial charge in [-0.15, -0.1) is 6.42 Å². The van der Waals surface area contributed by atoms with E-state index >= 15 is 0 Å². The summed E-state index contributed by atoms with van der Waals surface area (Å²) in [6.45, 7) is -0.263. The second-order valence-electron chi connectivity index (χ2n) is 5.78. The molecule has 0 fully saturated rings. The molecule has 0 atom stereocenters. The Labute approximate surface area is 164 Å². The van der Waals surface area contributed by atoms with Crippen LogP contribution in [0.1, 0.15) is 15.9 Å². The van der Waals surface area contributed by atoms with Crippen LogP contribution in [0.4, 0.5) is 0 Å². The van der Waals surface area contributed by atoms with Crippen molar-refractivity contribution in [3.05, 3.63) is 65.7 Å². The molecule has 1 amide bonds. The van der Waals surface area contributed by atoms with Crippen LogP contribution in [0.3, 0.4) is 0 Å². The van der Waals surface area contributed by atoms with Crippen molar-refractivity contribution >= 4 is 21.9 Å². The minimum Gasteiger partial charge on any atom is -0.468 e. The molecule has 146 valence electrons. The van der Waals surface area contributed by atoms with Crippen LogP contribution in [0.2, 0.25) is 0 Å². The summed E-state index contributed by atoms with van der Waals surface area (Å²) in [5, 5.41) is 0. The number of rotatable bonds is 8. The van der Waals surface area contributed by atoms with Crippen molar-refractivity contribution in [3.63, 3.8) is 0 Å². The van der Waals surface area contributed by atoms with E-state index in [0.29, 0.717) is 0 Å². The highest BCUT2D eigenvalue weighted by molar-refractivity contribution is 7.89. The third-order valence-electron chi connectivity index (χ3n) is 3.81. The number of nitrogens with one attached hydrogen (secondary N) is 1. The van der Waals surface area contributed by atoms with E-state index in [-0.39, 0.29) is 30.1 Å². The fourth-order valence-electron chi connectivity index (χ4n) is 2.42. The molecule has 2 rings (SSSR count). The molecule has 0 aliphatic heterocycles. The number of nitrogens with zero attached hydrogens (tertiary/aromatic N) is 1. The lowest BCUT2D eigenvalue weighted by Crippen LogP contribution is -2.36. The first-order valence-corrected chi connectivity index (χ1v) is 9.79. The fraction of sp³-hybridized carbons (Fsp3) is 0.200. The van der Waals surface area contributed by atoms with Gasteiger partial charge in [0.15, 0.2) is 0 Å². The van der Waals surface area contributed by atoms with E-state index in [9.17, 15) is 18.0 Å². The first-order valence-electron chi connectivity index (χ1n) is 8.30. The molecule has 8 heteroatoms. The molecule has 1 N–H and O–H groups in total. The van der Waals surface area contributed by atoms with E-state index in [1.54, 1.807) is 0 Å². The van der Waals surface area contributed by atoms with Crippen LogP contribution in [0.5, 0.6) is 0 Å². The average Bonchev–Trinajstić information content (AvgIpc) is 2.72. The summed E-state index contributed by atoms with van der Waals surface area (Å²) in [5.41, 5.74) is 0.947. The lowest BCUT2D eigenvalue weighted by molar-refractivity contribution is -0.141. The lowest BCUT2D eigenvalue weighted by Gasteiger charge is -2.22. The number of sulfonamides is 1. The number of benzene rings is 2. The predicted octanol–water partition coefficient (Wildman–Crippen LogP) is 1.41. The van der Waals surface area contributed by atoms with Gasteiger partial charge < -0.3 is 9.64 Å². The van der Waals surface area contributed by atoms with E-state index in [2.05, 4.69) is 15.4 Å². The van der Waals surface area contributed by atoms with Gasteiger partial charge in [-0.05, 0) is 23.8 Å². The Morgan fingerprint density at radius 3 is 2.50 bits per heavy atom. The quantitative estimate of drug-likeness (QED) is 0.534. The fourth-order valence-corrected chi connectivity index (χ4v) is 3.40. The minimum atomic E-state index is -3.85. The summed E-state index contributed by atoms with van der Waals surface area (Å²) in [5.74, 6) is 1.11. The Morgan fingerprint density at radius 1 is 1.14 bits per heavy atom. The highest BCUT2D eigenvalue weighted by atomic mass is 32.2. The second kappa shape index (κ2) is 9.69. The van der Waals surface area contributed by atoms with Gasteiger partial charge >= 0.3 is 5.97 Å². The van der Waals surface area contributed by atoms with Crippen molar-refractivity contribution in [3.8, 4) is 12.3 Å². The molecule has 0 aliphatic rings. The van der Waals surface area contributed by atoms with Gasteiger partial charge in [0.25, 0.3) is 5.91 Å². The third-order valence-corrected chi connectivity index (χ3v) is 5.21. The number of terminal acetylenes is 1. The SMILES string of the molecule is C#CCNS(=O)(=O)c1cccc(C(=O)N(CC(=O)OC)Cc2ccccc2)c1. The van der Waals surface area contributed by atoms with Crippen LogP contribution >= 0.6 is 0 Å². The molecule has 0 bridgehead atoms. The van der Waals surface area contributed by atoms with E-state index in [4.69, 9.17) is 6.42 Å². The molecule has 28 heavy (non-hydrogen) atoms. The standard InChI is InChI=1S/C20H20N2O5S/c1-3-12-21-28(25,26)18-11-7-10-17(13-18)20(24)22(15-19(23)27-2)14-16-8-5-4-6-9-16/h1,4-11,13,21H,12,14-15H2,2H3. The smallest absolute Gasteiger partial charge is 0.325 e. The Balaban J connectivity index is 2.32. The van der Waals surface area contributed by atoms with E-state index in [0.717, 1.165) is 5.56 Å². The molecule has 0 radical (unpaired) electrons. The number of carbonyl (C=O) groups is 2. The second-order valence-corrected chi connectivity index (χ2v) is 7.55. The lowest BCUT2D eigenvalue weighted by atomic mass is 10.1. The number of esters is 1. The zero-order chi connectivity index (χ0) is 20.6. The molecule has 2 aromatic rings. The zero-order valence-corrected chi connectivity index (χ0v) is 16.1. The van der Waals surface area contributed by atoms with Crippen LogP contribution in [-0.2, 0) is 26.1 Å². The van der Waals surface area contributed by atoms with E-state index in [1.165, 1.54) is 36.3 Å². The van der Waals surface area contributed by atoms with E-state index in [1.807, 2.05) is 30.3 Å². The van der Waals surface area contributed by atoms with Gasteiger partial charge in [-0.1, -0.05) is 42.3 Å². The highest BCUT2D eigenvalue weighted by Gasteiger charge is 2.22. The van der Waals surface area contributed by atoms with Crippen LogP contribution < -0.4 is 4.72 Å². The highest BCUT2D eigenvalue weighted by Crippen LogP contribution is 2.15. The van der Waals surface area contributed by atoms with Gasteiger partial charge in [0.1, 0.15) is 6.54 Å². The maximum atomic E-state index is 13.0. The van der Waals surface area contributed by atoms with Crippen molar-refractivity contribution in [2.45, 2.75) is 11.4 Å². The molecule has 0 spiro atoms. The van der Waals surface area contributed by atoms with Gasteiger partial charge in [0, 0.05) is 12.1 Å². The molecule has 0 saturated heterocycles. The van der Waals surface area contributed by atoms with E-state index < -0.39 is 21.9 Å². The predicted molar refractivity (Wildman–Crippen MR) is 104 cm³/mol. The maximum absolute atomic E-state index is 13.0. The number of amides is 1.